The number of carbonyl (C=O) groups is 1. The Morgan fingerprint density at radius 2 is 2.13 bits per heavy atom. The highest BCUT2D eigenvalue weighted by Gasteiger charge is 2.34. The van der Waals surface area contributed by atoms with Crippen LogP contribution in [0.3, 0.4) is 0 Å². The van der Waals surface area contributed by atoms with E-state index in [1.165, 1.54) is 12.1 Å². The molecule has 2 rings (SSSR count). The van der Waals surface area contributed by atoms with Crippen LogP contribution in [0.2, 0.25) is 0 Å². The van der Waals surface area contributed by atoms with Crippen molar-refractivity contribution in [2.45, 2.75) is 38.3 Å². The van der Waals surface area contributed by atoms with Crippen molar-refractivity contribution in [1.82, 2.24) is 10.6 Å². The van der Waals surface area contributed by atoms with Crippen LogP contribution in [0.1, 0.15) is 43.2 Å². The van der Waals surface area contributed by atoms with Crippen LogP contribution in [0, 0.1) is 5.92 Å². The number of carbonyl (C=O) groups excluding carboxylic acids is 1. The van der Waals surface area contributed by atoms with E-state index in [1.807, 2.05) is 0 Å². The number of halogens is 3. The first-order chi connectivity index (χ1) is 10.9. The zero-order valence-corrected chi connectivity index (χ0v) is 13.2. The van der Waals surface area contributed by atoms with Gasteiger partial charge >= 0.3 is 6.18 Å². The van der Waals surface area contributed by atoms with Crippen LogP contribution in [-0.4, -0.2) is 25.5 Å². The highest BCUT2D eigenvalue weighted by Crippen LogP contribution is 2.35. The third-order valence-corrected chi connectivity index (χ3v) is 4.28. The van der Waals surface area contributed by atoms with E-state index in [4.69, 9.17) is 0 Å². The molecule has 0 aliphatic carbocycles. The van der Waals surface area contributed by atoms with Gasteiger partial charge in [0.15, 0.2) is 0 Å². The lowest BCUT2D eigenvalue weighted by molar-refractivity contribution is -0.138. The van der Waals surface area contributed by atoms with Crippen molar-refractivity contribution in [2.75, 3.05) is 19.6 Å². The van der Waals surface area contributed by atoms with E-state index in [-0.39, 0.29) is 17.9 Å². The summed E-state index contributed by atoms with van der Waals surface area (Å²) < 4.78 is 39.1. The molecule has 128 valence electrons. The van der Waals surface area contributed by atoms with Crippen LogP contribution in [0.5, 0.6) is 0 Å². The number of hydrogen-bond donors (Lipinski definition) is 2. The molecule has 1 aromatic carbocycles. The van der Waals surface area contributed by atoms with Gasteiger partial charge in [-0.3, -0.25) is 4.79 Å². The van der Waals surface area contributed by atoms with Crippen molar-refractivity contribution in [3.05, 3.63) is 35.4 Å². The van der Waals surface area contributed by atoms with Gasteiger partial charge < -0.3 is 10.6 Å². The molecular weight excluding hydrogens is 305 g/mol. The Balaban J connectivity index is 1.91. The third-order valence-electron chi connectivity index (χ3n) is 4.28. The molecule has 2 N–H and O–H groups in total. The van der Waals surface area contributed by atoms with Gasteiger partial charge in [-0.25, -0.2) is 0 Å². The summed E-state index contributed by atoms with van der Waals surface area (Å²) in [4.78, 5) is 12.0. The minimum atomic E-state index is -4.39. The molecule has 0 radical (unpaired) electrons. The predicted molar refractivity (Wildman–Crippen MR) is 83.1 cm³/mol. The lowest BCUT2D eigenvalue weighted by Crippen LogP contribution is -2.38. The third kappa shape index (κ3) is 5.23. The number of benzene rings is 1. The Labute approximate surface area is 134 Å². The molecule has 0 saturated carbocycles. The van der Waals surface area contributed by atoms with Gasteiger partial charge in [0.05, 0.1) is 5.56 Å². The Hall–Kier alpha value is -1.56. The van der Waals surface area contributed by atoms with Crippen molar-refractivity contribution in [2.24, 2.45) is 5.92 Å². The highest BCUT2D eigenvalue weighted by molar-refractivity contribution is 5.76. The first-order valence-electron chi connectivity index (χ1n) is 8.01. The molecule has 0 aromatic heterocycles. The van der Waals surface area contributed by atoms with Gasteiger partial charge in [0.2, 0.25) is 5.91 Å². The fourth-order valence-corrected chi connectivity index (χ4v) is 3.00. The fourth-order valence-electron chi connectivity index (χ4n) is 3.00. The molecule has 6 heteroatoms. The summed E-state index contributed by atoms with van der Waals surface area (Å²) in [6.45, 7) is 4.13. The topological polar surface area (TPSA) is 41.1 Å². The minimum absolute atomic E-state index is 0.0627. The zero-order valence-electron chi connectivity index (χ0n) is 13.2. The molecule has 1 heterocycles. The van der Waals surface area contributed by atoms with Crippen molar-refractivity contribution in [1.29, 1.82) is 0 Å². The van der Waals surface area contributed by atoms with Gasteiger partial charge in [0.25, 0.3) is 0 Å². The Morgan fingerprint density at radius 3 is 2.78 bits per heavy atom. The van der Waals surface area contributed by atoms with Gasteiger partial charge in [-0.05, 0) is 49.4 Å². The molecule has 0 bridgehead atoms. The van der Waals surface area contributed by atoms with Crippen LogP contribution in [0.25, 0.3) is 0 Å². The number of piperidine rings is 1. The summed E-state index contributed by atoms with van der Waals surface area (Å²) in [5.74, 6) is -0.261. The Morgan fingerprint density at radius 1 is 1.39 bits per heavy atom. The summed E-state index contributed by atoms with van der Waals surface area (Å²) >= 11 is 0. The normalized spacial score (nSPS) is 20.1. The van der Waals surface area contributed by atoms with Crippen molar-refractivity contribution in [3.63, 3.8) is 0 Å². The molecule has 23 heavy (non-hydrogen) atoms. The van der Waals surface area contributed by atoms with E-state index < -0.39 is 17.7 Å². The molecule has 1 aromatic rings. The molecule has 0 spiro atoms. The molecular formula is C17H23F3N2O. The monoisotopic (exact) mass is 328 g/mol. The van der Waals surface area contributed by atoms with Crippen LogP contribution < -0.4 is 10.6 Å². The van der Waals surface area contributed by atoms with Crippen LogP contribution in [0.4, 0.5) is 13.2 Å². The van der Waals surface area contributed by atoms with Gasteiger partial charge in [-0.1, -0.05) is 25.1 Å². The lowest BCUT2D eigenvalue weighted by Gasteiger charge is -2.23. The van der Waals surface area contributed by atoms with Crippen LogP contribution in [0.15, 0.2) is 24.3 Å². The molecule has 1 aliphatic heterocycles. The minimum Gasteiger partial charge on any atom is -0.356 e. The summed E-state index contributed by atoms with van der Waals surface area (Å²) in [6, 6.07) is 5.46. The molecule has 1 aliphatic rings. The van der Waals surface area contributed by atoms with E-state index in [2.05, 4.69) is 10.6 Å². The first-order valence-corrected chi connectivity index (χ1v) is 8.01. The summed E-state index contributed by atoms with van der Waals surface area (Å²) in [5, 5.41) is 6.12. The maximum absolute atomic E-state index is 13.0. The average Bonchev–Trinajstić information content (AvgIpc) is 2.53. The van der Waals surface area contributed by atoms with Crippen molar-refractivity contribution < 1.29 is 18.0 Å². The smallest absolute Gasteiger partial charge is 0.356 e. The summed E-state index contributed by atoms with van der Waals surface area (Å²) in [5.41, 5.74) is -0.480. The first kappa shape index (κ1) is 17.8. The highest BCUT2D eigenvalue weighted by atomic mass is 19.4. The van der Waals surface area contributed by atoms with E-state index in [0.29, 0.717) is 12.5 Å². The van der Waals surface area contributed by atoms with Crippen LogP contribution in [-0.2, 0) is 11.0 Å². The van der Waals surface area contributed by atoms with E-state index in [0.717, 1.165) is 32.0 Å². The predicted octanol–water partition coefficient (Wildman–Crippen LogP) is 3.31. The van der Waals surface area contributed by atoms with Crippen molar-refractivity contribution >= 4 is 5.91 Å². The Kier molecular flexibility index (Phi) is 6.04. The number of nitrogens with one attached hydrogen (secondary N) is 2. The Bertz CT molecular complexity index is 525. The molecule has 1 fully saturated rings. The van der Waals surface area contributed by atoms with Crippen LogP contribution >= 0.6 is 0 Å². The van der Waals surface area contributed by atoms with Gasteiger partial charge in [-0.15, -0.1) is 0 Å². The number of hydrogen-bond acceptors (Lipinski definition) is 2. The number of rotatable bonds is 5. The molecule has 2 atom stereocenters. The standard InChI is InChI=1S/C17H23F3N2O/c1-12(14-6-2-3-7-15(14)17(18,19)20)9-16(23)22-11-13-5-4-8-21-10-13/h2-3,6-7,12-13,21H,4-5,8-11H2,1H3,(H,22,23). The SMILES string of the molecule is CC(CC(=O)NCC1CCCNC1)c1ccccc1C(F)(F)F. The quantitative estimate of drug-likeness (QED) is 0.871. The fraction of sp³-hybridized carbons (Fsp3) is 0.588. The summed E-state index contributed by atoms with van der Waals surface area (Å²) in [7, 11) is 0. The average molecular weight is 328 g/mol. The maximum Gasteiger partial charge on any atom is 0.416 e. The van der Waals surface area contributed by atoms with E-state index >= 15 is 0 Å². The summed E-state index contributed by atoms with van der Waals surface area (Å²) in [6.07, 6.45) is -2.17. The van der Waals surface area contributed by atoms with Crippen molar-refractivity contribution in [3.8, 4) is 0 Å². The second-order valence-corrected chi connectivity index (χ2v) is 6.21. The van der Waals surface area contributed by atoms with Gasteiger partial charge in [-0.2, -0.15) is 13.2 Å². The second kappa shape index (κ2) is 7.81. The zero-order chi connectivity index (χ0) is 16.9. The molecule has 1 amide bonds. The lowest BCUT2D eigenvalue weighted by atomic mass is 9.92. The van der Waals surface area contributed by atoms with Gasteiger partial charge in [0, 0.05) is 13.0 Å². The molecule has 2 unspecified atom stereocenters. The maximum atomic E-state index is 13.0. The largest absolute Gasteiger partial charge is 0.416 e. The van der Waals surface area contributed by atoms with Gasteiger partial charge in [0.1, 0.15) is 0 Å². The molecule has 3 nitrogen and oxygen atoms in total. The van der Waals surface area contributed by atoms with E-state index in [9.17, 15) is 18.0 Å². The molecule has 1 saturated heterocycles. The van der Waals surface area contributed by atoms with E-state index in [1.54, 1.807) is 13.0 Å². The number of amides is 1. The number of alkyl halides is 3. The second-order valence-electron chi connectivity index (χ2n) is 6.21.